The van der Waals surface area contributed by atoms with Crippen LogP contribution in [0.25, 0.3) is 0 Å². The number of likely N-dealkylation sites (N-methyl/N-ethyl adjacent to an activating group) is 1. The summed E-state index contributed by atoms with van der Waals surface area (Å²) in [6.07, 6.45) is 3.66. The van der Waals surface area contributed by atoms with Gasteiger partial charge in [-0.15, -0.1) is 0 Å². The van der Waals surface area contributed by atoms with Crippen LogP contribution in [0.5, 0.6) is 6.01 Å². The summed E-state index contributed by atoms with van der Waals surface area (Å²) < 4.78 is 5.46. The Morgan fingerprint density at radius 1 is 1.15 bits per heavy atom. The van der Waals surface area contributed by atoms with Gasteiger partial charge in [0.25, 0.3) is 5.91 Å². The molecule has 26 heavy (non-hydrogen) atoms. The molecule has 1 aliphatic carbocycles. The van der Waals surface area contributed by atoms with Gasteiger partial charge in [-0.3, -0.25) is 9.59 Å². The van der Waals surface area contributed by atoms with E-state index in [4.69, 9.17) is 10.5 Å². The van der Waals surface area contributed by atoms with E-state index in [2.05, 4.69) is 9.97 Å². The lowest BCUT2D eigenvalue weighted by Crippen LogP contribution is -2.48. The highest BCUT2D eigenvalue weighted by Gasteiger charge is 2.35. The lowest BCUT2D eigenvalue weighted by atomic mass is 10.0. The zero-order chi connectivity index (χ0) is 18.8. The second-order valence-electron chi connectivity index (χ2n) is 7.21. The molecular weight excluding hydrogens is 334 g/mol. The summed E-state index contributed by atoms with van der Waals surface area (Å²) >= 11 is 0. The van der Waals surface area contributed by atoms with Crippen LogP contribution in [0, 0.1) is 19.8 Å². The highest BCUT2D eigenvalue weighted by molar-refractivity contribution is 5.81. The van der Waals surface area contributed by atoms with Crippen molar-refractivity contribution in [3.63, 3.8) is 0 Å². The third-order valence-electron chi connectivity index (χ3n) is 5.27. The summed E-state index contributed by atoms with van der Waals surface area (Å²) in [5.41, 5.74) is 7.64. The number of aromatic nitrogens is 2. The summed E-state index contributed by atoms with van der Waals surface area (Å²) in [5.74, 6) is 0.422. The van der Waals surface area contributed by atoms with Crippen LogP contribution in [0.3, 0.4) is 0 Å². The lowest BCUT2D eigenvalue weighted by molar-refractivity contribution is -0.137. The number of piperidine rings is 1. The number of carbonyl (C=O) groups excluding carboxylic acids is 2. The highest BCUT2D eigenvalue weighted by Crippen LogP contribution is 2.32. The molecule has 0 atom stereocenters. The Balaban J connectivity index is 1.48. The maximum atomic E-state index is 12.4. The molecule has 1 saturated carbocycles. The van der Waals surface area contributed by atoms with Gasteiger partial charge < -0.3 is 20.3 Å². The van der Waals surface area contributed by atoms with E-state index < -0.39 is 0 Å². The van der Waals surface area contributed by atoms with Gasteiger partial charge in [0, 0.05) is 32.1 Å². The zero-order valence-corrected chi connectivity index (χ0v) is 15.7. The maximum absolute atomic E-state index is 12.4. The molecule has 2 fully saturated rings. The first-order valence-electron chi connectivity index (χ1n) is 9.14. The summed E-state index contributed by atoms with van der Waals surface area (Å²) in [4.78, 5) is 36.5. The number of ether oxygens (including phenoxy) is 1. The van der Waals surface area contributed by atoms with Gasteiger partial charge in [-0.05, 0) is 39.5 Å². The van der Waals surface area contributed by atoms with Crippen molar-refractivity contribution >= 4 is 17.5 Å². The topological polar surface area (TPSA) is 102 Å². The summed E-state index contributed by atoms with van der Waals surface area (Å²) in [6, 6.07) is 0.297. The van der Waals surface area contributed by atoms with Gasteiger partial charge in [-0.1, -0.05) is 0 Å². The first-order chi connectivity index (χ1) is 12.4. The molecule has 0 bridgehead atoms. The SMILES string of the molecule is Cc1nc(OCC(=O)N(C)C2CCN(C(=O)C3CC3)CC2)nc(C)c1N. The number of hydrogen-bond donors (Lipinski definition) is 1. The second-order valence-corrected chi connectivity index (χ2v) is 7.21. The van der Waals surface area contributed by atoms with E-state index in [0.29, 0.717) is 17.1 Å². The molecule has 8 nitrogen and oxygen atoms in total. The van der Waals surface area contributed by atoms with Gasteiger partial charge in [-0.25, -0.2) is 0 Å². The average Bonchev–Trinajstić information content (AvgIpc) is 3.48. The fourth-order valence-corrected chi connectivity index (χ4v) is 3.25. The molecule has 0 aromatic carbocycles. The van der Waals surface area contributed by atoms with E-state index in [1.165, 1.54) is 0 Å². The number of amides is 2. The number of rotatable bonds is 5. The van der Waals surface area contributed by atoms with E-state index in [-0.39, 0.29) is 36.4 Å². The number of aryl methyl sites for hydroxylation is 2. The van der Waals surface area contributed by atoms with Gasteiger partial charge in [-0.2, -0.15) is 9.97 Å². The number of hydrogen-bond acceptors (Lipinski definition) is 6. The molecule has 0 unspecified atom stereocenters. The van der Waals surface area contributed by atoms with E-state index in [1.807, 2.05) is 4.90 Å². The lowest BCUT2D eigenvalue weighted by Gasteiger charge is -2.36. The molecule has 8 heteroatoms. The van der Waals surface area contributed by atoms with Crippen molar-refractivity contribution in [2.24, 2.45) is 5.92 Å². The van der Waals surface area contributed by atoms with E-state index in [9.17, 15) is 9.59 Å². The van der Waals surface area contributed by atoms with Crippen molar-refractivity contribution in [3.05, 3.63) is 11.4 Å². The Labute approximate surface area is 153 Å². The van der Waals surface area contributed by atoms with Crippen molar-refractivity contribution in [1.29, 1.82) is 0 Å². The van der Waals surface area contributed by atoms with Crippen LogP contribution in [0.4, 0.5) is 5.69 Å². The smallest absolute Gasteiger partial charge is 0.317 e. The Bertz CT molecular complexity index is 673. The predicted octanol–water partition coefficient (Wildman–Crippen LogP) is 0.914. The van der Waals surface area contributed by atoms with Crippen molar-refractivity contribution in [1.82, 2.24) is 19.8 Å². The Morgan fingerprint density at radius 3 is 2.27 bits per heavy atom. The minimum atomic E-state index is -0.118. The molecule has 0 radical (unpaired) electrons. The molecule has 1 aliphatic heterocycles. The Kier molecular flexibility index (Phi) is 5.29. The normalized spacial score (nSPS) is 17.9. The molecule has 2 amide bonds. The number of nitrogens with zero attached hydrogens (tertiary/aromatic N) is 4. The van der Waals surface area contributed by atoms with Crippen LogP contribution in [0.1, 0.15) is 37.1 Å². The Hall–Kier alpha value is -2.38. The second kappa shape index (κ2) is 7.47. The summed E-state index contributed by atoms with van der Waals surface area (Å²) in [7, 11) is 1.79. The van der Waals surface area contributed by atoms with Crippen LogP contribution in [-0.2, 0) is 9.59 Å². The number of nitrogen functional groups attached to an aromatic ring is 1. The van der Waals surface area contributed by atoms with Crippen LogP contribution >= 0.6 is 0 Å². The molecule has 1 aromatic rings. The molecule has 2 heterocycles. The summed E-state index contributed by atoms with van der Waals surface area (Å²) in [6.45, 7) is 4.89. The molecule has 0 spiro atoms. The fraction of sp³-hybridized carbons (Fsp3) is 0.667. The highest BCUT2D eigenvalue weighted by atomic mass is 16.5. The van der Waals surface area contributed by atoms with Crippen molar-refractivity contribution < 1.29 is 14.3 Å². The van der Waals surface area contributed by atoms with E-state index in [0.717, 1.165) is 38.8 Å². The van der Waals surface area contributed by atoms with Gasteiger partial charge in [0.1, 0.15) is 0 Å². The van der Waals surface area contributed by atoms with Gasteiger partial charge >= 0.3 is 6.01 Å². The molecule has 1 aromatic heterocycles. The van der Waals surface area contributed by atoms with Crippen molar-refractivity contribution in [2.75, 3.05) is 32.5 Å². The molecular formula is C18H27N5O3. The van der Waals surface area contributed by atoms with E-state index in [1.54, 1.807) is 25.8 Å². The van der Waals surface area contributed by atoms with Crippen molar-refractivity contribution in [3.8, 4) is 6.01 Å². The van der Waals surface area contributed by atoms with Crippen LogP contribution in [0.15, 0.2) is 0 Å². The van der Waals surface area contributed by atoms with Crippen LogP contribution in [0.2, 0.25) is 0 Å². The standard InChI is InChI=1S/C18H27N5O3/c1-11-16(19)12(2)21-18(20-11)26-10-15(24)22(3)14-6-8-23(9-7-14)17(25)13-4-5-13/h13-14H,4-10,19H2,1-3H3. The first-order valence-corrected chi connectivity index (χ1v) is 9.14. The third kappa shape index (κ3) is 4.05. The Morgan fingerprint density at radius 2 is 1.73 bits per heavy atom. The summed E-state index contributed by atoms with van der Waals surface area (Å²) in [5, 5.41) is 0. The van der Waals surface area contributed by atoms with Crippen LogP contribution in [-0.4, -0.2) is 64.4 Å². The zero-order valence-electron chi connectivity index (χ0n) is 15.7. The van der Waals surface area contributed by atoms with E-state index >= 15 is 0 Å². The minimum Gasteiger partial charge on any atom is -0.453 e. The van der Waals surface area contributed by atoms with Gasteiger partial charge in [0.15, 0.2) is 6.61 Å². The van der Waals surface area contributed by atoms with Gasteiger partial charge in [0.2, 0.25) is 5.91 Å². The molecule has 142 valence electrons. The number of nitrogens with two attached hydrogens (primary N) is 1. The minimum absolute atomic E-state index is 0.111. The predicted molar refractivity (Wildman–Crippen MR) is 96.5 cm³/mol. The molecule has 3 rings (SSSR count). The average molecular weight is 361 g/mol. The third-order valence-corrected chi connectivity index (χ3v) is 5.27. The largest absolute Gasteiger partial charge is 0.453 e. The van der Waals surface area contributed by atoms with Gasteiger partial charge in [0.05, 0.1) is 17.1 Å². The number of anilines is 1. The quantitative estimate of drug-likeness (QED) is 0.836. The monoisotopic (exact) mass is 361 g/mol. The molecule has 2 aliphatic rings. The molecule has 2 N–H and O–H groups in total. The maximum Gasteiger partial charge on any atom is 0.317 e. The van der Waals surface area contributed by atoms with Crippen LogP contribution < -0.4 is 10.5 Å². The first kappa shape index (κ1) is 18.4. The molecule has 1 saturated heterocycles. The van der Waals surface area contributed by atoms with Crippen molar-refractivity contribution in [2.45, 2.75) is 45.6 Å². The fourth-order valence-electron chi connectivity index (χ4n) is 3.25. The number of carbonyl (C=O) groups is 2. The number of likely N-dealkylation sites (tertiary alicyclic amines) is 1.